The van der Waals surface area contributed by atoms with Gasteiger partial charge in [0.2, 0.25) is 5.91 Å². The molecule has 0 saturated heterocycles. The summed E-state index contributed by atoms with van der Waals surface area (Å²) in [6.45, 7) is 3.98. The van der Waals surface area contributed by atoms with Gasteiger partial charge < -0.3 is 10.2 Å². The van der Waals surface area contributed by atoms with Crippen LogP contribution in [0.5, 0.6) is 0 Å². The van der Waals surface area contributed by atoms with Gasteiger partial charge in [0.15, 0.2) is 0 Å². The molecule has 1 aromatic heterocycles. The molecule has 0 saturated carbocycles. The number of aromatic nitrogens is 2. The van der Waals surface area contributed by atoms with Gasteiger partial charge in [0.1, 0.15) is 6.54 Å². The molecule has 1 N–H and O–H groups in total. The fourth-order valence-electron chi connectivity index (χ4n) is 3.29. The number of nitrogens with zero attached hydrogens (tertiary/aromatic N) is 3. The highest BCUT2D eigenvalue weighted by Gasteiger charge is 2.14. The maximum absolute atomic E-state index is 12.6. The number of nitrogens with one attached hydrogen (secondary N) is 1. The van der Waals surface area contributed by atoms with E-state index in [1.807, 2.05) is 56.4 Å². The summed E-state index contributed by atoms with van der Waals surface area (Å²) in [6, 6.07) is 17.7. The molecule has 0 fully saturated rings. The van der Waals surface area contributed by atoms with Crippen LogP contribution in [0.15, 0.2) is 59.4 Å². The van der Waals surface area contributed by atoms with E-state index in [1.54, 1.807) is 9.13 Å². The van der Waals surface area contributed by atoms with Crippen molar-refractivity contribution in [3.05, 3.63) is 65.1 Å². The molecule has 3 aromatic rings. The van der Waals surface area contributed by atoms with Crippen molar-refractivity contribution >= 4 is 22.6 Å². The van der Waals surface area contributed by atoms with E-state index < -0.39 is 0 Å². The maximum Gasteiger partial charge on any atom is 0.329 e. The average molecular weight is 366 g/mol. The van der Waals surface area contributed by atoms with Gasteiger partial charge in [0.25, 0.3) is 0 Å². The van der Waals surface area contributed by atoms with E-state index in [0.717, 1.165) is 29.7 Å². The first kappa shape index (κ1) is 18.8. The Balaban J connectivity index is 1.55. The molecule has 0 bridgehead atoms. The summed E-state index contributed by atoms with van der Waals surface area (Å²) in [5.41, 5.74) is 2.67. The summed E-state index contributed by atoms with van der Waals surface area (Å²) in [7, 11) is 2.04. The third-order valence-electron chi connectivity index (χ3n) is 4.73. The van der Waals surface area contributed by atoms with Crippen LogP contribution in [0.3, 0.4) is 0 Å². The normalized spacial score (nSPS) is 10.9. The maximum atomic E-state index is 12.6. The molecule has 0 radical (unpaired) electrons. The number of aryl methyl sites for hydroxylation is 1. The molecule has 0 atom stereocenters. The summed E-state index contributed by atoms with van der Waals surface area (Å²) in [4.78, 5) is 27.1. The smallest absolute Gasteiger partial charge is 0.329 e. The zero-order valence-corrected chi connectivity index (χ0v) is 15.9. The Bertz CT molecular complexity index is 959. The molecule has 0 aliphatic carbocycles. The summed E-state index contributed by atoms with van der Waals surface area (Å²) in [5, 5.41) is 2.92. The molecule has 1 heterocycles. The predicted molar refractivity (Wildman–Crippen MR) is 109 cm³/mol. The summed E-state index contributed by atoms with van der Waals surface area (Å²) < 4.78 is 3.24. The van der Waals surface area contributed by atoms with E-state index in [9.17, 15) is 9.59 Å². The Morgan fingerprint density at radius 3 is 2.30 bits per heavy atom. The van der Waals surface area contributed by atoms with E-state index in [4.69, 9.17) is 0 Å². The number of imidazole rings is 1. The Hall–Kier alpha value is -3.02. The van der Waals surface area contributed by atoms with Crippen LogP contribution in [-0.2, 0) is 17.9 Å². The van der Waals surface area contributed by atoms with Crippen LogP contribution < -0.4 is 15.9 Å². The van der Waals surface area contributed by atoms with E-state index >= 15 is 0 Å². The molecule has 3 rings (SSSR count). The molecule has 27 heavy (non-hydrogen) atoms. The van der Waals surface area contributed by atoms with Crippen LogP contribution in [-0.4, -0.2) is 35.2 Å². The lowest BCUT2D eigenvalue weighted by atomic mass is 10.3. The number of hydrogen-bond donors (Lipinski definition) is 1. The van der Waals surface area contributed by atoms with Crippen LogP contribution in [0.1, 0.15) is 13.3 Å². The SMILES string of the molecule is CCn1c(=O)n(CC(=O)NCCCN(C)c2ccccc2)c2ccccc21. The number of para-hydroxylation sites is 3. The highest BCUT2D eigenvalue weighted by atomic mass is 16.2. The monoisotopic (exact) mass is 366 g/mol. The largest absolute Gasteiger partial charge is 0.375 e. The van der Waals surface area contributed by atoms with Crippen LogP contribution in [0, 0.1) is 0 Å². The lowest BCUT2D eigenvalue weighted by molar-refractivity contribution is -0.121. The molecule has 6 heteroatoms. The molecule has 0 aliphatic heterocycles. The minimum absolute atomic E-state index is 0.0425. The topological polar surface area (TPSA) is 59.3 Å². The Labute approximate surface area is 159 Å². The van der Waals surface area contributed by atoms with Gasteiger partial charge in [-0.25, -0.2) is 4.79 Å². The highest BCUT2D eigenvalue weighted by molar-refractivity contribution is 5.80. The quantitative estimate of drug-likeness (QED) is 0.623. The van der Waals surface area contributed by atoms with Gasteiger partial charge in [-0.2, -0.15) is 0 Å². The number of carbonyl (C=O) groups is 1. The Morgan fingerprint density at radius 2 is 1.63 bits per heavy atom. The van der Waals surface area contributed by atoms with Crippen molar-refractivity contribution in [2.24, 2.45) is 0 Å². The fourth-order valence-corrected chi connectivity index (χ4v) is 3.29. The van der Waals surface area contributed by atoms with Gasteiger partial charge in [-0.15, -0.1) is 0 Å². The van der Waals surface area contributed by atoms with Crippen LogP contribution in [0.25, 0.3) is 11.0 Å². The number of hydrogen-bond acceptors (Lipinski definition) is 3. The van der Waals surface area contributed by atoms with Crippen molar-refractivity contribution in [3.8, 4) is 0 Å². The third kappa shape index (κ3) is 4.22. The molecule has 0 aliphatic rings. The zero-order chi connectivity index (χ0) is 19.2. The first-order valence-corrected chi connectivity index (χ1v) is 9.32. The van der Waals surface area contributed by atoms with E-state index in [-0.39, 0.29) is 18.1 Å². The molecule has 1 amide bonds. The second-order valence-electron chi connectivity index (χ2n) is 6.56. The second kappa shape index (κ2) is 8.58. The molecular formula is C21H26N4O2. The third-order valence-corrected chi connectivity index (χ3v) is 4.73. The van der Waals surface area contributed by atoms with Crippen molar-refractivity contribution in [2.75, 3.05) is 25.0 Å². The van der Waals surface area contributed by atoms with Gasteiger partial charge >= 0.3 is 5.69 Å². The minimum atomic E-state index is -0.141. The van der Waals surface area contributed by atoms with Crippen molar-refractivity contribution < 1.29 is 4.79 Å². The number of amides is 1. The Kier molecular flexibility index (Phi) is 5.96. The van der Waals surface area contributed by atoms with Crippen LogP contribution in [0.4, 0.5) is 5.69 Å². The number of rotatable bonds is 8. The van der Waals surface area contributed by atoms with Crippen molar-refractivity contribution in [2.45, 2.75) is 26.4 Å². The van der Waals surface area contributed by atoms with Gasteiger partial charge in [-0.3, -0.25) is 13.9 Å². The lowest BCUT2D eigenvalue weighted by Gasteiger charge is -2.19. The predicted octanol–water partition coefficient (Wildman–Crippen LogP) is 2.47. The number of anilines is 1. The number of carbonyl (C=O) groups excluding carboxylic acids is 1. The van der Waals surface area contributed by atoms with E-state index in [0.29, 0.717) is 13.1 Å². The molecule has 0 spiro atoms. The summed E-state index contributed by atoms with van der Waals surface area (Å²) in [5.74, 6) is -0.140. The molecule has 142 valence electrons. The standard InChI is InChI=1S/C21H26N4O2/c1-3-24-18-12-7-8-13-19(18)25(21(24)27)16-20(26)22-14-9-15-23(2)17-10-5-4-6-11-17/h4-8,10-13H,3,9,14-16H2,1-2H3,(H,22,26). The van der Waals surface area contributed by atoms with Crippen molar-refractivity contribution in [3.63, 3.8) is 0 Å². The molecule has 0 unspecified atom stereocenters. The molecule has 2 aromatic carbocycles. The summed E-state index contributed by atoms with van der Waals surface area (Å²) in [6.07, 6.45) is 0.836. The van der Waals surface area contributed by atoms with E-state index in [2.05, 4.69) is 22.3 Å². The first-order chi connectivity index (χ1) is 13.1. The minimum Gasteiger partial charge on any atom is -0.375 e. The van der Waals surface area contributed by atoms with Gasteiger partial charge in [0, 0.05) is 32.4 Å². The number of fused-ring (bicyclic) bond motifs is 1. The molecular weight excluding hydrogens is 340 g/mol. The van der Waals surface area contributed by atoms with Gasteiger partial charge in [-0.05, 0) is 37.6 Å². The van der Waals surface area contributed by atoms with Crippen molar-refractivity contribution in [1.82, 2.24) is 14.5 Å². The lowest BCUT2D eigenvalue weighted by Crippen LogP contribution is -2.34. The number of benzene rings is 2. The second-order valence-corrected chi connectivity index (χ2v) is 6.56. The summed E-state index contributed by atoms with van der Waals surface area (Å²) >= 11 is 0. The zero-order valence-electron chi connectivity index (χ0n) is 15.9. The first-order valence-electron chi connectivity index (χ1n) is 9.32. The van der Waals surface area contributed by atoms with E-state index in [1.165, 1.54) is 0 Å². The van der Waals surface area contributed by atoms with Gasteiger partial charge in [0.05, 0.1) is 11.0 Å². The van der Waals surface area contributed by atoms with Crippen molar-refractivity contribution in [1.29, 1.82) is 0 Å². The van der Waals surface area contributed by atoms with Gasteiger partial charge in [-0.1, -0.05) is 30.3 Å². The average Bonchev–Trinajstić information content (AvgIpc) is 2.97. The van der Waals surface area contributed by atoms with Crippen LogP contribution >= 0.6 is 0 Å². The highest BCUT2D eigenvalue weighted by Crippen LogP contribution is 2.13. The van der Waals surface area contributed by atoms with Crippen LogP contribution in [0.2, 0.25) is 0 Å². The molecule has 6 nitrogen and oxygen atoms in total. The fraction of sp³-hybridized carbons (Fsp3) is 0.333. The Morgan fingerprint density at radius 1 is 1.00 bits per heavy atom.